The molecule has 2 aromatic rings. The van der Waals surface area contributed by atoms with Crippen LogP contribution in [0.4, 0.5) is 32.8 Å². The Kier molecular flexibility index (Phi) is 6.92. The zero-order chi connectivity index (χ0) is 28.8. The number of hydrogen-bond donors (Lipinski definition) is 2. The molecule has 2 aromatic carbocycles. The zero-order valence-electron chi connectivity index (χ0n) is 21.4. The minimum Gasteiger partial charge on any atom is -0.427 e. The van der Waals surface area contributed by atoms with Gasteiger partial charge in [-0.2, -0.15) is 13.2 Å². The van der Waals surface area contributed by atoms with Crippen molar-refractivity contribution in [2.45, 2.75) is 56.5 Å². The summed E-state index contributed by atoms with van der Waals surface area (Å²) in [6, 6.07) is 5.72. The number of amides is 5. The quantitative estimate of drug-likeness (QED) is 0.550. The number of alkyl halides is 3. The number of carbonyl (C=O) groups excluding carboxylic acids is 4. The van der Waals surface area contributed by atoms with Crippen molar-refractivity contribution in [1.82, 2.24) is 15.1 Å². The summed E-state index contributed by atoms with van der Waals surface area (Å²) in [4.78, 5) is 52.7. The molecule has 212 valence electrons. The standard InChI is InChI=1S/C27H26F4N4O5/c1-32-24(38)33-19-7-8-20-16(12-19)3-2-10-26(20)23(37)35(25(39)40-26)14-22(36)34-13-17-4-6-18(28)11-15(17)5-9-21(34)27(29,30)31/h4,6-8,11-12,21H,2-3,5,9-10,13-14H2,1H3,(H2,32,33,38)/t21-,26?/m0/s1. The Balaban J connectivity index is 1.41. The van der Waals surface area contributed by atoms with Gasteiger partial charge in [0, 0.05) is 31.3 Å². The highest BCUT2D eigenvalue weighted by atomic mass is 19.4. The first-order valence-corrected chi connectivity index (χ1v) is 12.7. The van der Waals surface area contributed by atoms with Crippen LogP contribution in [-0.4, -0.2) is 59.5 Å². The Labute approximate surface area is 226 Å². The summed E-state index contributed by atoms with van der Waals surface area (Å²) in [6.45, 7) is -1.39. The lowest BCUT2D eigenvalue weighted by molar-refractivity contribution is -0.192. The van der Waals surface area contributed by atoms with Crippen LogP contribution < -0.4 is 10.6 Å². The number of rotatable bonds is 3. The van der Waals surface area contributed by atoms with Crippen LogP contribution in [0, 0.1) is 5.82 Å². The van der Waals surface area contributed by atoms with E-state index in [-0.39, 0.29) is 12.8 Å². The van der Waals surface area contributed by atoms with Gasteiger partial charge in [-0.3, -0.25) is 9.59 Å². The molecule has 0 radical (unpaired) electrons. The number of halogens is 4. The van der Waals surface area contributed by atoms with E-state index in [1.54, 1.807) is 18.2 Å². The summed E-state index contributed by atoms with van der Waals surface area (Å²) >= 11 is 0. The third-order valence-corrected chi connectivity index (χ3v) is 7.64. The Morgan fingerprint density at radius 1 is 1.07 bits per heavy atom. The molecule has 2 N–H and O–H groups in total. The Hall–Kier alpha value is -4.16. The Bertz CT molecular complexity index is 1400. The number of nitrogens with one attached hydrogen (secondary N) is 2. The highest BCUT2D eigenvalue weighted by molar-refractivity contribution is 6.06. The molecule has 1 aliphatic carbocycles. The molecule has 1 spiro atoms. The number of anilines is 1. The normalized spacial score (nSPS) is 22.4. The van der Waals surface area contributed by atoms with E-state index in [4.69, 9.17) is 4.74 Å². The van der Waals surface area contributed by atoms with Crippen LogP contribution in [0.5, 0.6) is 0 Å². The van der Waals surface area contributed by atoms with Gasteiger partial charge in [-0.1, -0.05) is 12.1 Å². The summed E-state index contributed by atoms with van der Waals surface area (Å²) in [6.07, 6.45) is -5.38. The largest absolute Gasteiger partial charge is 0.427 e. The molecule has 2 heterocycles. The zero-order valence-corrected chi connectivity index (χ0v) is 21.4. The number of imide groups is 1. The van der Waals surface area contributed by atoms with Crippen molar-refractivity contribution in [3.05, 3.63) is 64.5 Å². The van der Waals surface area contributed by atoms with E-state index in [2.05, 4.69) is 10.6 Å². The van der Waals surface area contributed by atoms with E-state index in [0.29, 0.717) is 50.6 Å². The number of fused-ring (bicyclic) bond motifs is 3. The van der Waals surface area contributed by atoms with Gasteiger partial charge < -0.3 is 20.3 Å². The molecule has 2 aliphatic heterocycles. The van der Waals surface area contributed by atoms with E-state index in [1.165, 1.54) is 13.1 Å². The van der Waals surface area contributed by atoms with Crippen molar-refractivity contribution in [2.75, 3.05) is 18.9 Å². The van der Waals surface area contributed by atoms with Crippen molar-refractivity contribution < 1.29 is 41.5 Å². The van der Waals surface area contributed by atoms with E-state index < -0.39 is 67.1 Å². The van der Waals surface area contributed by atoms with Crippen LogP contribution in [0.25, 0.3) is 0 Å². The van der Waals surface area contributed by atoms with Gasteiger partial charge in [0.25, 0.3) is 5.91 Å². The smallest absolute Gasteiger partial charge is 0.418 e. The number of nitrogens with zero attached hydrogens (tertiary/aromatic N) is 2. The van der Waals surface area contributed by atoms with E-state index in [0.717, 1.165) is 12.1 Å². The number of carbonyl (C=O) groups is 4. The molecular weight excluding hydrogens is 536 g/mol. The maximum Gasteiger partial charge on any atom is 0.418 e. The average molecular weight is 563 g/mol. The van der Waals surface area contributed by atoms with Crippen molar-refractivity contribution >= 4 is 29.6 Å². The lowest BCUT2D eigenvalue weighted by atomic mass is 9.78. The van der Waals surface area contributed by atoms with Gasteiger partial charge in [-0.05, 0) is 66.6 Å². The molecule has 5 rings (SSSR count). The first-order chi connectivity index (χ1) is 18.9. The molecule has 40 heavy (non-hydrogen) atoms. The fraction of sp³-hybridized carbons (Fsp3) is 0.407. The van der Waals surface area contributed by atoms with Gasteiger partial charge in [-0.25, -0.2) is 18.9 Å². The van der Waals surface area contributed by atoms with Crippen molar-refractivity contribution in [3.63, 3.8) is 0 Å². The van der Waals surface area contributed by atoms with Crippen LogP contribution >= 0.6 is 0 Å². The average Bonchev–Trinajstić information content (AvgIpc) is 3.03. The second-order valence-corrected chi connectivity index (χ2v) is 10.0. The third-order valence-electron chi connectivity index (χ3n) is 7.64. The number of aryl methyl sites for hydroxylation is 2. The third kappa shape index (κ3) is 4.84. The van der Waals surface area contributed by atoms with E-state index in [1.807, 2.05) is 0 Å². The number of benzene rings is 2. The lowest BCUT2D eigenvalue weighted by Gasteiger charge is -2.33. The first kappa shape index (κ1) is 27.4. The maximum absolute atomic E-state index is 14.0. The molecule has 1 unspecified atom stereocenters. The molecule has 2 atom stereocenters. The van der Waals surface area contributed by atoms with Crippen LogP contribution in [0.2, 0.25) is 0 Å². The monoisotopic (exact) mass is 562 g/mol. The first-order valence-electron chi connectivity index (χ1n) is 12.7. The van der Waals surface area contributed by atoms with Gasteiger partial charge in [-0.15, -0.1) is 0 Å². The van der Waals surface area contributed by atoms with Crippen LogP contribution in [0.15, 0.2) is 36.4 Å². The summed E-state index contributed by atoms with van der Waals surface area (Å²) in [5, 5.41) is 5.05. The highest BCUT2D eigenvalue weighted by Gasteiger charge is 2.57. The van der Waals surface area contributed by atoms with Crippen LogP contribution in [-0.2, 0) is 39.3 Å². The molecule has 5 amide bonds. The van der Waals surface area contributed by atoms with Crippen molar-refractivity contribution in [2.24, 2.45) is 0 Å². The number of urea groups is 1. The summed E-state index contributed by atoms with van der Waals surface area (Å²) in [5.41, 5.74) is 0.512. The molecule has 0 saturated carbocycles. The number of ether oxygens (including phenoxy) is 1. The van der Waals surface area contributed by atoms with Crippen molar-refractivity contribution in [1.29, 1.82) is 0 Å². The summed E-state index contributed by atoms with van der Waals surface area (Å²) in [7, 11) is 1.45. The van der Waals surface area contributed by atoms with E-state index in [9.17, 15) is 36.7 Å². The molecule has 13 heteroatoms. The fourth-order valence-corrected chi connectivity index (χ4v) is 5.69. The summed E-state index contributed by atoms with van der Waals surface area (Å²) < 4.78 is 61.3. The molecule has 1 saturated heterocycles. The summed E-state index contributed by atoms with van der Waals surface area (Å²) in [5.74, 6) is -2.51. The fourth-order valence-electron chi connectivity index (χ4n) is 5.69. The Morgan fingerprint density at radius 2 is 1.85 bits per heavy atom. The maximum atomic E-state index is 14.0. The number of hydrogen-bond acceptors (Lipinski definition) is 5. The SMILES string of the molecule is CNC(=O)Nc1ccc2c(c1)CCCC21OC(=O)N(CC(=O)N2Cc3ccc(F)cc3CC[C@H]2C(F)(F)F)C1=O. The second kappa shape index (κ2) is 10.1. The van der Waals surface area contributed by atoms with Crippen LogP contribution in [0.3, 0.4) is 0 Å². The molecular formula is C27H26F4N4O5. The van der Waals surface area contributed by atoms with Crippen LogP contribution in [0.1, 0.15) is 41.5 Å². The lowest BCUT2D eigenvalue weighted by Crippen LogP contribution is -2.52. The van der Waals surface area contributed by atoms with Gasteiger partial charge in [0.1, 0.15) is 18.4 Å². The molecule has 0 bridgehead atoms. The van der Waals surface area contributed by atoms with Gasteiger partial charge in [0.05, 0.1) is 0 Å². The Morgan fingerprint density at radius 3 is 2.58 bits per heavy atom. The molecule has 0 aromatic heterocycles. The predicted octanol–water partition coefficient (Wildman–Crippen LogP) is 3.99. The minimum absolute atomic E-state index is 0.0948. The van der Waals surface area contributed by atoms with Crippen molar-refractivity contribution in [3.8, 4) is 0 Å². The molecule has 1 fully saturated rings. The minimum atomic E-state index is -4.78. The van der Waals surface area contributed by atoms with E-state index >= 15 is 0 Å². The highest BCUT2D eigenvalue weighted by Crippen LogP contribution is 2.45. The van der Waals surface area contributed by atoms with Gasteiger partial charge in [0.15, 0.2) is 0 Å². The topological polar surface area (TPSA) is 108 Å². The van der Waals surface area contributed by atoms with Gasteiger partial charge in [0.2, 0.25) is 11.5 Å². The van der Waals surface area contributed by atoms with Gasteiger partial charge >= 0.3 is 18.3 Å². The molecule has 3 aliphatic rings. The second-order valence-electron chi connectivity index (χ2n) is 10.0. The predicted molar refractivity (Wildman–Crippen MR) is 132 cm³/mol. The molecule has 9 nitrogen and oxygen atoms in total.